The topological polar surface area (TPSA) is 57.6 Å². The zero-order valence-corrected chi connectivity index (χ0v) is 11.7. The van der Waals surface area contributed by atoms with E-state index < -0.39 is 23.6 Å². The molecule has 0 saturated heterocycles. The van der Waals surface area contributed by atoms with Gasteiger partial charge in [-0.2, -0.15) is 0 Å². The SMILES string of the molecule is O=C(c1ccccc1)c1ccc(N(F)C(=O)C(O)C(F)F)cc1. The molecule has 0 aliphatic rings. The van der Waals surface area contributed by atoms with Gasteiger partial charge in [0.2, 0.25) is 0 Å². The molecule has 0 radical (unpaired) electrons. The zero-order chi connectivity index (χ0) is 17.0. The Balaban J connectivity index is 2.16. The van der Waals surface area contributed by atoms with Crippen molar-refractivity contribution >= 4 is 17.4 Å². The summed E-state index contributed by atoms with van der Waals surface area (Å²) in [6.07, 6.45) is -6.13. The highest BCUT2D eigenvalue weighted by molar-refractivity contribution is 6.09. The molecule has 1 atom stereocenters. The lowest BCUT2D eigenvalue weighted by Gasteiger charge is -2.15. The molecule has 0 aromatic heterocycles. The zero-order valence-electron chi connectivity index (χ0n) is 11.7. The maximum atomic E-state index is 13.7. The highest BCUT2D eigenvalue weighted by atomic mass is 19.3. The smallest absolute Gasteiger partial charge is 0.289 e. The molecule has 0 bridgehead atoms. The number of rotatable bonds is 5. The molecule has 2 aromatic rings. The van der Waals surface area contributed by atoms with Crippen molar-refractivity contribution in [2.75, 3.05) is 5.12 Å². The number of benzene rings is 2. The average Bonchev–Trinajstić information content (AvgIpc) is 2.60. The minimum absolute atomic E-state index is 0.246. The number of alkyl halides is 2. The molecule has 23 heavy (non-hydrogen) atoms. The monoisotopic (exact) mass is 323 g/mol. The van der Waals surface area contributed by atoms with Crippen molar-refractivity contribution in [1.29, 1.82) is 0 Å². The second-order valence-electron chi connectivity index (χ2n) is 4.64. The van der Waals surface area contributed by atoms with Crippen molar-refractivity contribution in [2.24, 2.45) is 0 Å². The third kappa shape index (κ3) is 3.75. The standard InChI is InChI=1S/C16H12F3NO3/c17-15(18)14(22)16(23)20(19)12-8-6-11(7-9-12)13(21)10-4-2-1-3-5-10/h1-9,14-15,22H. The van der Waals surface area contributed by atoms with Gasteiger partial charge in [0.15, 0.2) is 11.9 Å². The van der Waals surface area contributed by atoms with E-state index in [-0.39, 0.29) is 17.0 Å². The number of anilines is 1. The molecule has 120 valence electrons. The van der Waals surface area contributed by atoms with E-state index >= 15 is 0 Å². The van der Waals surface area contributed by atoms with Gasteiger partial charge >= 0.3 is 0 Å². The molecule has 0 fully saturated rings. The lowest BCUT2D eigenvalue weighted by molar-refractivity contribution is -0.137. The quantitative estimate of drug-likeness (QED) is 0.680. The fraction of sp³-hybridized carbons (Fsp3) is 0.125. The van der Waals surface area contributed by atoms with Crippen molar-refractivity contribution < 1.29 is 28.0 Å². The van der Waals surface area contributed by atoms with Gasteiger partial charge in [-0.15, -0.1) is 5.12 Å². The first-order valence-corrected chi connectivity index (χ1v) is 6.57. The van der Waals surface area contributed by atoms with Crippen LogP contribution in [0.4, 0.5) is 18.9 Å². The van der Waals surface area contributed by atoms with E-state index in [1.54, 1.807) is 30.3 Å². The molecule has 1 N–H and O–H groups in total. The van der Waals surface area contributed by atoms with Crippen molar-refractivity contribution in [3.8, 4) is 0 Å². The molecule has 0 spiro atoms. The first-order chi connectivity index (χ1) is 10.9. The summed E-state index contributed by atoms with van der Waals surface area (Å²) in [5.41, 5.74) is 0.316. The van der Waals surface area contributed by atoms with Crippen LogP contribution in [0.25, 0.3) is 0 Å². The molecule has 7 heteroatoms. The van der Waals surface area contributed by atoms with E-state index in [0.29, 0.717) is 5.56 Å². The number of hydrogen-bond acceptors (Lipinski definition) is 3. The molecule has 2 aromatic carbocycles. The van der Waals surface area contributed by atoms with Gasteiger partial charge in [0.1, 0.15) is 0 Å². The van der Waals surface area contributed by atoms with Crippen molar-refractivity contribution in [1.82, 2.24) is 0 Å². The Bertz CT molecular complexity index is 689. The van der Waals surface area contributed by atoms with Gasteiger partial charge in [0.25, 0.3) is 12.3 Å². The van der Waals surface area contributed by atoms with Gasteiger partial charge in [-0.1, -0.05) is 34.8 Å². The van der Waals surface area contributed by atoms with E-state index in [1.807, 2.05) is 0 Å². The van der Waals surface area contributed by atoms with E-state index in [4.69, 9.17) is 5.11 Å². The lowest BCUT2D eigenvalue weighted by atomic mass is 10.0. The third-order valence-electron chi connectivity index (χ3n) is 3.08. The summed E-state index contributed by atoms with van der Waals surface area (Å²) in [5, 5.41) is 8.31. The molecular weight excluding hydrogens is 311 g/mol. The second-order valence-corrected chi connectivity index (χ2v) is 4.64. The molecule has 0 saturated carbocycles. The Morgan fingerprint density at radius 1 is 0.913 bits per heavy atom. The van der Waals surface area contributed by atoms with Gasteiger partial charge in [-0.3, -0.25) is 9.59 Å². The fourth-order valence-electron chi connectivity index (χ4n) is 1.85. The van der Waals surface area contributed by atoms with Crippen LogP contribution in [-0.2, 0) is 4.79 Å². The number of halogens is 3. The minimum atomic E-state index is -3.39. The maximum Gasteiger partial charge on any atom is 0.289 e. The van der Waals surface area contributed by atoms with Gasteiger partial charge < -0.3 is 5.11 Å². The minimum Gasteiger partial charge on any atom is -0.378 e. The van der Waals surface area contributed by atoms with Crippen LogP contribution in [0.5, 0.6) is 0 Å². The van der Waals surface area contributed by atoms with Crippen LogP contribution < -0.4 is 5.12 Å². The summed E-state index contributed by atoms with van der Waals surface area (Å²) in [4.78, 5) is 23.4. The predicted octanol–water partition coefficient (Wildman–Crippen LogP) is 2.76. The molecule has 1 unspecified atom stereocenters. The van der Waals surface area contributed by atoms with Crippen molar-refractivity contribution in [2.45, 2.75) is 12.5 Å². The molecule has 2 rings (SSSR count). The summed E-state index contributed by atoms with van der Waals surface area (Å²) in [7, 11) is 0. The molecular formula is C16H12F3NO3. The fourth-order valence-corrected chi connectivity index (χ4v) is 1.85. The Morgan fingerprint density at radius 2 is 1.43 bits per heavy atom. The van der Waals surface area contributed by atoms with Crippen molar-refractivity contribution in [3.63, 3.8) is 0 Å². The van der Waals surface area contributed by atoms with E-state index in [2.05, 4.69) is 0 Å². The molecule has 0 heterocycles. The number of hydrogen-bond donors (Lipinski definition) is 1. The van der Waals surface area contributed by atoms with Crippen LogP contribution in [0.2, 0.25) is 0 Å². The van der Waals surface area contributed by atoms with Gasteiger partial charge in [0, 0.05) is 11.1 Å². The summed E-state index contributed by atoms with van der Waals surface area (Å²) >= 11 is 0. The van der Waals surface area contributed by atoms with Crippen LogP contribution in [0.1, 0.15) is 15.9 Å². The summed E-state index contributed by atoms with van der Waals surface area (Å²) in [5.74, 6) is -2.08. The van der Waals surface area contributed by atoms with Gasteiger partial charge in [-0.05, 0) is 24.3 Å². The number of ketones is 1. The normalized spacial score (nSPS) is 12.0. The number of nitrogens with zero attached hydrogens (tertiary/aromatic N) is 1. The number of aliphatic hydroxyl groups excluding tert-OH is 1. The number of carbonyl (C=O) groups is 2. The third-order valence-corrected chi connectivity index (χ3v) is 3.08. The largest absolute Gasteiger partial charge is 0.378 e. The van der Waals surface area contributed by atoms with Crippen LogP contribution in [0, 0.1) is 0 Å². The molecule has 0 aliphatic carbocycles. The van der Waals surface area contributed by atoms with E-state index in [9.17, 15) is 22.9 Å². The Hall–Kier alpha value is -2.67. The van der Waals surface area contributed by atoms with E-state index in [0.717, 1.165) is 12.1 Å². The van der Waals surface area contributed by atoms with Gasteiger partial charge in [-0.25, -0.2) is 8.78 Å². The summed E-state index contributed by atoms with van der Waals surface area (Å²) in [6.45, 7) is 0. The predicted molar refractivity (Wildman–Crippen MR) is 76.9 cm³/mol. The first-order valence-electron chi connectivity index (χ1n) is 6.57. The number of aliphatic hydroxyl groups is 1. The highest BCUT2D eigenvalue weighted by Gasteiger charge is 2.31. The van der Waals surface area contributed by atoms with Crippen molar-refractivity contribution in [3.05, 3.63) is 65.7 Å². The number of amides is 1. The molecule has 4 nitrogen and oxygen atoms in total. The summed E-state index contributed by atoms with van der Waals surface area (Å²) in [6, 6.07) is 13.1. The second kappa shape index (κ2) is 7.06. The van der Waals surface area contributed by atoms with Crippen LogP contribution in [-0.4, -0.2) is 29.3 Å². The molecule has 0 aliphatic heterocycles. The average molecular weight is 323 g/mol. The van der Waals surface area contributed by atoms with Crippen LogP contribution in [0.15, 0.2) is 54.6 Å². The lowest BCUT2D eigenvalue weighted by Crippen LogP contribution is -2.38. The van der Waals surface area contributed by atoms with Crippen LogP contribution >= 0.6 is 0 Å². The van der Waals surface area contributed by atoms with Crippen LogP contribution in [0.3, 0.4) is 0 Å². The molecule has 1 amide bonds. The Kier molecular flexibility index (Phi) is 5.13. The van der Waals surface area contributed by atoms with E-state index in [1.165, 1.54) is 12.1 Å². The maximum absolute atomic E-state index is 13.7. The van der Waals surface area contributed by atoms with Gasteiger partial charge in [0.05, 0.1) is 5.69 Å². The first kappa shape index (κ1) is 16.7. The summed E-state index contributed by atoms with van der Waals surface area (Å²) < 4.78 is 38.1. The highest BCUT2D eigenvalue weighted by Crippen LogP contribution is 2.20. The Labute approximate surface area is 129 Å². The number of carbonyl (C=O) groups excluding carboxylic acids is 2. The Morgan fingerprint density at radius 3 is 1.96 bits per heavy atom.